The van der Waals surface area contributed by atoms with E-state index >= 15 is 0 Å². The van der Waals surface area contributed by atoms with E-state index in [1.165, 1.54) is 6.54 Å². The van der Waals surface area contributed by atoms with Crippen molar-refractivity contribution in [2.45, 2.75) is 39.8 Å². The van der Waals surface area contributed by atoms with Crippen LogP contribution in [0, 0.1) is 5.92 Å². The van der Waals surface area contributed by atoms with Crippen LogP contribution in [0.3, 0.4) is 0 Å². The Hall–Kier alpha value is -0.0400. The minimum Gasteiger partial charge on any atom is -0.295 e. The van der Waals surface area contributed by atoms with Crippen LogP contribution in [-0.2, 0) is 0 Å². The van der Waals surface area contributed by atoms with Gasteiger partial charge in [0.05, 0.1) is 0 Å². The maximum Gasteiger partial charge on any atom is 0.0249 e. The van der Waals surface area contributed by atoms with Crippen LogP contribution in [0.4, 0.5) is 0 Å². The minimum absolute atomic E-state index is 0.761. The van der Waals surface area contributed by atoms with Crippen LogP contribution in [0.15, 0.2) is 0 Å². The van der Waals surface area contributed by atoms with Crippen LogP contribution in [0.5, 0.6) is 0 Å². The summed E-state index contributed by atoms with van der Waals surface area (Å²) in [4.78, 5) is 2.53. The van der Waals surface area contributed by atoms with Gasteiger partial charge in [-0.15, -0.1) is 0 Å². The molecule has 0 saturated carbocycles. The van der Waals surface area contributed by atoms with Crippen molar-refractivity contribution in [3.8, 4) is 0 Å². The Labute approximate surface area is 58.0 Å². The van der Waals surface area contributed by atoms with E-state index in [0.717, 1.165) is 18.0 Å². The summed E-state index contributed by atoms with van der Waals surface area (Å²) in [5.41, 5.74) is 0. The smallest absolute Gasteiger partial charge is 0.0249 e. The van der Waals surface area contributed by atoms with Gasteiger partial charge in [0.25, 0.3) is 0 Å². The molecule has 1 aliphatic heterocycles. The molecule has 2 unspecified atom stereocenters. The molecule has 1 heterocycles. The summed E-state index contributed by atoms with van der Waals surface area (Å²) >= 11 is 0. The van der Waals surface area contributed by atoms with Gasteiger partial charge in [0.2, 0.25) is 0 Å². The average Bonchev–Trinajstić information content (AvgIpc) is 2.39. The number of hydrogen-bond acceptors (Lipinski definition) is 1. The van der Waals surface area contributed by atoms with Gasteiger partial charge in [-0.25, -0.2) is 0 Å². The van der Waals surface area contributed by atoms with Crippen molar-refractivity contribution in [1.29, 1.82) is 0 Å². The first-order valence-electron chi connectivity index (χ1n) is 3.88. The third-order valence-corrected chi connectivity index (χ3v) is 2.12. The van der Waals surface area contributed by atoms with E-state index in [2.05, 4.69) is 32.6 Å². The van der Waals surface area contributed by atoms with Gasteiger partial charge >= 0.3 is 0 Å². The molecule has 0 amide bonds. The lowest BCUT2D eigenvalue weighted by molar-refractivity contribution is 0.382. The molecule has 54 valence electrons. The summed E-state index contributed by atoms with van der Waals surface area (Å²) in [7, 11) is 0. The van der Waals surface area contributed by atoms with E-state index < -0.39 is 0 Å². The van der Waals surface area contributed by atoms with E-state index in [0.29, 0.717) is 0 Å². The molecule has 1 saturated heterocycles. The molecule has 9 heavy (non-hydrogen) atoms. The van der Waals surface area contributed by atoms with Gasteiger partial charge in [-0.05, 0) is 19.8 Å². The molecule has 1 heteroatoms. The zero-order valence-electron chi connectivity index (χ0n) is 6.89. The zero-order chi connectivity index (χ0) is 7.02. The lowest BCUT2D eigenvalue weighted by Crippen LogP contribution is -2.14. The zero-order valence-corrected chi connectivity index (χ0v) is 6.89. The van der Waals surface area contributed by atoms with E-state index in [1.54, 1.807) is 0 Å². The highest BCUT2D eigenvalue weighted by Crippen LogP contribution is 2.27. The maximum atomic E-state index is 2.53. The molecule has 0 aromatic heterocycles. The van der Waals surface area contributed by atoms with Crippen LogP contribution in [-0.4, -0.2) is 23.5 Å². The summed E-state index contributed by atoms with van der Waals surface area (Å²) in [6.07, 6.45) is 0. The highest BCUT2D eigenvalue weighted by molar-refractivity contribution is 4.93. The normalized spacial score (nSPS) is 34.0. The van der Waals surface area contributed by atoms with Crippen molar-refractivity contribution in [3.63, 3.8) is 0 Å². The fraction of sp³-hybridized carbons (Fsp3) is 1.00. The first kappa shape index (κ1) is 7.07. The van der Waals surface area contributed by atoms with Gasteiger partial charge in [0.15, 0.2) is 0 Å². The highest BCUT2D eigenvalue weighted by atomic mass is 15.3. The van der Waals surface area contributed by atoms with Gasteiger partial charge in [-0.1, -0.05) is 13.8 Å². The second-order valence-electron chi connectivity index (χ2n) is 3.60. The molecule has 0 aliphatic carbocycles. The van der Waals surface area contributed by atoms with E-state index in [1.807, 2.05) is 0 Å². The van der Waals surface area contributed by atoms with Crippen LogP contribution < -0.4 is 0 Å². The SMILES string of the molecule is CC(C)C1CN1C(C)C. The van der Waals surface area contributed by atoms with Crippen molar-refractivity contribution in [2.75, 3.05) is 6.54 Å². The van der Waals surface area contributed by atoms with Crippen LogP contribution in [0.2, 0.25) is 0 Å². The van der Waals surface area contributed by atoms with Crippen molar-refractivity contribution < 1.29 is 0 Å². The summed E-state index contributed by atoms with van der Waals surface area (Å²) in [5.74, 6) is 0.854. The molecule has 1 fully saturated rings. The quantitative estimate of drug-likeness (QED) is 0.510. The molecule has 2 atom stereocenters. The third kappa shape index (κ3) is 1.45. The largest absolute Gasteiger partial charge is 0.295 e. The van der Waals surface area contributed by atoms with Crippen molar-refractivity contribution in [3.05, 3.63) is 0 Å². The van der Waals surface area contributed by atoms with Crippen molar-refractivity contribution >= 4 is 0 Å². The Balaban J connectivity index is 2.24. The topological polar surface area (TPSA) is 3.01 Å². The lowest BCUT2D eigenvalue weighted by Gasteiger charge is -2.08. The highest BCUT2D eigenvalue weighted by Gasteiger charge is 2.37. The molecular formula is C8H17N. The Kier molecular flexibility index (Phi) is 1.80. The predicted octanol–water partition coefficient (Wildman–Crippen LogP) is 1.74. The fourth-order valence-corrected chi connectivity index (χ4v) is 1.36. The van der Waals surface area contributed by atoms with Crippen molar-refractivity contribution in [1.82, 2.24) is 4.90 Å². The van der Waals surface area contributed by atoms with Crippen molar-refractivity contribution in [2.24, 2.45) is 5.92 Å². The molecule has 0 N–H and O–H groups in total. The molecule has 1 nitrogen and oxygen atoms in total. The minimum atomic E-state index is 0.761. The molecule has 0 radical (unpaired) electrons. The van der Waals surface area contributed by atoms with E-state index in [-0.39, 0.29) is 0 Å². The van der Waals surface area contributed by atoms with Gasteiger partial charge in [0.1, 0.15) is 0 Å². The monoisotopic (exact) mass is 127 g/mol. The van der Waals surface area contributed by atoms with Gasteiger partial charge < -0.3 is 0 Å². The summed E-state index contributed by atoms with van der Waals surface area (Å²) in [6, 6.07) is 1.65. The Morgan fingerprint density at radius 2 is 1.78 bits per heavy atom. The summed E-state index contributed by atoms with van der Waals surface area (Å²) in [6.45, 7) is 10.5. The van der Waals surface area contributed by atoms with E-state index in [4.69, 9.17) is 0 Å². The third-order valence-electron chi connectivity index (χ3n) is 2.12. The lowest BCUT2D eigenvalue weighted by atomic mass is 10.1. The first-order chi connectivity index (χ1) is 4.13. The second kappa shape index (κ2) is 2.30. The fourth-order valence-electron chi connectivity index (χ4n) is 1.36. The van der Waals surface area contributed by atoms with Crippen LogP contribution >= 0.6 is 0 Å². The molecule has 0 aromatic carbocycles. The maximum absolute atomic E-state index is 2.53. The van der Waals surface area contributed by atoms with Gasteiger partial charge in [-0.3, -0.25) is 4.90 Å². The van der Waals surface area contributed by atoms with Crippen LogP contribution in [0.25, 0.3) is 0 Å². The van der Waals surface area contributed by atoms with Gasteiger partial charge in [-0.2, -0.15) is 0 Å². The summed E-state index contributed by atoms with van der Waals surface area (Å²) in [5, 5.41) is 0. The molecule has 1 rings (SSSR count). The Bertz CT molecular complexity index is 84.7. The number of hydrogen-bond donors (Lipinski definition) is 0. The van der Waals surface area contributed by atoms with E-state index in [9.17, 15) is 0 Å². The Morgan fingerprint density at radius 3 is 1.89 bits per heavy atom. The molecule has 1 aliphatic rings. The molecule has 0 aromatic rings. The molecule has 0 bridgehead atoms. The predicted molar refractivity (Wildman–Crippen MR) is 40.5 cm³/mol. The molecular weight excluding hydrogens is 110 g/mol. The first-order valence-corrected chi connectivity index (χ1v) is 3.88. The molecule has 0 spiro atoms. The number of rotatable bonds is 2. The second-order valence-corrected chi connectivity index (χ2v) is 3.60. The van der Waals surface area contributed by atoms with Crippen LogP contribution in [0.1, 0.15) is 27.7 Å². The Morgan fingerprint density at radius 1 is 1.22 bits per heavy atom. The number of nitrogens with zero attached hydrogens (tertiary/aromatic N) is 1. The average molecular weight is 127 g/mol. The summed E-state index contributed by atoms with van der Waals surface area (Å²) < 4.78 is 0. The van der Waals surface area contributed by atoms with Gasteiger partial charge in [0, 0.05) is 18.6 Å². The standard InChI is InChI=1S/C8H17N/c1-6(2)8-5-9(8)7(3)4/h6-8H,5H2,1-4H3.